The van der Waals surface area contributed by atoms with E-state index >= 15 is 0 Å². The van der Waals surface area contributed by atoms with Crippen LogP contribution in [0, 0.1) is 0 Å². The van der Waals surface area contributed by atoms with Gasteiger partial charge in [0.2, 0.25) is 0 Å². The maximum Gasteiger partial charge on any atom is 0.326 e. The Morgan fingerprint density at radius 1 is 1.25 bits per heavy atom. The van der Waals surface area contributed by atoms with E-state index in [4.69, 9.17) is 10.2 Å². The fraction of sp³-hybridized carbons (Fsp3) is 0.750. The molecular formula is C12H20N2O6. The average molecular weight is 288 g/mol. The summed E-state index contributed by atoms with van der Waals surface area (Å²) in [5.74, 6) is -2.72. The molecule has 0 spiro atoms. The molecule has 0 saturated heterocycles. The number of nitrogens with zero attached hydrogens (tertiary/aromatic N) is 1. The first kappa shape index (κ1) is 16.2. The summed E-state index contributed by atoms with van der Waals surface area (Å²) in [5, 5.41) is 29.7. The van der Waals surface area contributed by atoms with E-state index in [-0.39, 0.29) is 6.54 Å². The van der Waals surface area contributed by atoms with Crippen LogP contribution < -0.4 is 5.32 Å². The molecule has 0 bridgehead atoms. The number of urea groups is 1. The largest absolute Gasteiger partial charge is 0.481 e. The third-order valence-electron chi connectivity index (χ3n) is 3.39. The van der Waals surface area contributed by atoms with Crippen molar-refractivity contribution in [3.8, 4) is 0 Å². The summed E-state index contributed by atoms with van der Waals surface area (Å²) in [6.45, 7) is 0.0955. The summed E-state index contributed by atoms with van der Waals surface area (Å²) in [5.41, 5.74) is -0.933. The number of hydrogen-bond donors (Lipinski definition) is 4. The molecule has 1 aliphatic carbocycles. The van der Waals surface area contributed by atoms with Gasteiger partial charge >= 0.3 is 18.0 Å². The number of carboxylic acid groups (broad SMARTS) is 2. The van der Waals surface area contributed by atoms with Crippen LogP contribution in [0.15, 0.2) is 0 Å². The number of carboxylic acids is 2. The molecule has 8 nitrogen and oxygen atoms in total. The zero-order valence-corrected chi connectivity index (χ0v) is 11.3. The lowest BCUT2D eigenvalue weighted by Gasteiger charge is -2.29. The van der Waals surface area contributed by atoms with Crippen molar-refractivity contribution in [2.45, 2.75) is 43.7 Å². The Morgan fingerprint density at radius 2 is 1.80 bits per heavy atom. The smallest absolute Gasteiger partial charge is 0.326 e. The summed E-state index contributed by atoms with van der Waals surface area (Å²) < 4.78 is 0. The predicted octanol–water partition coefficient (Wildman–Crippen LogP) is -0.139. The standard InChI is InChI=1S/C12H20N2O6/c1-14(7-12(20)4-2-3-5-12)11(19)13-8(10(17)18)6-9(15)16/h8,20H,2-7H2,1H3,(H,13,19)(H,15,16)(H,17,18)/t8-/m1/s1. The highest BCUT2D eigenvalue weighted by Crippen LogP contribution is 2.29. The second-order valence-corrected chi connectivity index (χ2v) is 5.23. The van der Waals surface area contributed by atoms with Crippen LogP contribution in [-0.2, 0) is 9.59 Å². The van der Waals surface area contributed by atoms with Crippen molar-refractivity contribution in [2.75, 3.05) is 13.6 Å². The number of rotatable bonds is 6. The fourth-order valence-corrected chi connectivity index (χ4v) is 2.34. The van der Waals surface area contributed by atoms with Gasteiger partial charge in [0.1, 0.15) is 6.04 Å². The molecule has 1 fully saturated rings. The average Bonchev–Trinajstić information content (AvgIpc) is 2.73. The van der Waals surface area contributed by atoms with Gasteiger partial charge in [0.05, 0.1) is 18.6 Å². The van der Waals surface area contributed by atoms with Crippen molar-refractivity contribution < 1.29 is 29.7 Å². The van der Waals surface area contributed by atoms with Gasteiger partial charge in [0, 0.05) is 7.05 Å². The molecular weight excluding hydrogens is 268 g/mol. The van der Waals surface area contributed by atoms with Crippen LogP contribution in [0.4, 0.5) is 4.79 Å². The molecule has 8 heteroatoms. The first-order valence-electron chi connectivity index (χ1n) is 6.42. The number of carbonyl (C=O) groups is 3. The lowest BCUT2D eigenvalue weighted by molar-refractivity contribution is -0.145. The van der Waals surface area contributed by atoms with Crippen molar-refractivity contribution in [2.24, 2.45) is 0 Å². The number of hydrogen-bond acceptors (Lipinski definition) is 4. The van der Waals surface area contributed by atoms with Crippen molar-refractivity contribution in [3.63, 3.8) is 0 Å². The molecule has 0 unspecified atom stereocenters. The molecule has 1 saturated carbocycles. The number of aliphatic carboxylic acids is 2. The first-order chi connectivity index (χ1) is 9.23. The van der Waals surface area contributed by atoms with Crippen molar-refractivity contribution in [1.82, 2.24) is 10.2 Å². The van der Waals surface area contributed by atoms with Crippen molar-refractivity contribution in [3.05, 3.63) is 0 Å². The van der Waals surface area contributed by atoms with Gasteiger partial charge < -0.3 is 25.5 Å². The van der Waals surface area contributed by atoms with Gasteiger partial charge in [-0.05, 0) is 12.8 Å². The van der Waals surface area contributed by atoms with Crippen LogP contribution in [0.2, 0.25) is 0 Å². The Bertz CT molecular complexity index is 391. The molecule has 0 aliphatic heterocycles. The quantitative estimate of drug-likeness (QED) is 0.539. The Labute approximate surface area is 116 Å². The van der Waals surface area contributed by atoms with Crippen LogP contribution in [0.3, 0.4) is 0 Å². The number of nitrogens with one attached hydrogen (secondary N) is 1. The number of aliphatic hydroxyl groups is 1. The topological polar surface area (TPSA) is 127 Å². The van der Waals surface area contributed by atoms with Crippen LogP contribution in [0.1, 0.15) is 32.1 Å². The SMILES string of the molecule is CN(CC1(O)CCCC1)C(=O)N[C@H](CC(=O)O)C(=O)O. The van der Waals surface area contributed by atoms with Gasteiger partial charge in [-0.1, -0.05) is 12.8 Å². The zero-order valence-electron chi connectivity index (χ0n) is 11.3. The summed E-state index contributed by atoms with van der Waals surface area (Å²) >= 11 is 0. The molecule has 2 amide bonds. The van der Waals surface area contributed by atoms with E-state index in [9.17, 15) is 19.5 Å². The highest BCUT2D eigenvalue weighted by atomic mass is 16.4. The van der Waals surface area contributed by atoms with Gasteiger partial charge in [0.25, 0.3) is 0 Å². The monoisotopic (exact) mass is 288 g/mol. The Kier molecular flexibility index (Phi) is 5.32. The Balaban J connectivity index is 2.54. The van der Waals surface area contributed by atoms with Gasteiger partial charge in [0.15, 0.2) is 0 Å². The van der Waals surface area contributed by atoms with E-state index in [2.05, 4.69) is 5.32 Å². The molecule has 114 valence electrons. The van der Waals surface area contributed by atoms with E-state index in [1.807, 2.05) is 0 Å². The van der Waals surface area contributed by atoms with E-state index in [0.717, 1.165) is 12.8 Å². The third-order valence-corrected chi connectivity index (χ3v) is 3.39. The van der Waals surface area contributed by atoms with E-state index in [1.165, 1.54) is 11.9 Å². The molecule has 1 aliphatic rings. The minimum Gasteiger partial charge on any atom is -0.481 e. The normalized spacial score (nSPS) is 18.3. The number of carbonyl (C=O) groups excluding carboxylic acids is 1. The second kappa shape index (κ2) is 6.56. The Morgan fingerprint density at radius 3 is 2.25 bits per heavy atom. The molecule has 20 heavy (non-hydrogen) atoms. The van der Waals surface area contributed by atoms with Crippen LogP contribution in [-0.4, -0.2) is 63.4 Å². The second-order valence-electron chi connectivity index (χ2n) is 5.23. The highest BCUT2D eigenvalue weighted by molar-refractivity contribution is 5.86. The maximum atomic E-state index is 11.8. The van der Waals surface area contributed by atoms with Gasteiger partial charge in [-0.25, -0.2) is 9.59 Å². The number of amides is 2. The molecule has 0 aromatic carbocycles. The fourth-order valence-electron chi connectivity index (χ4n) is 2.34. The number of likely N-dealkylation sites (N-methyl/N-ethyl adjacent to an activating group) is 1. The molecule has 0 aromatic rings. The summed E-state index contributed by atoms with van der Waals surface area (Å²) in [4.78, 5) is 34.4. The highest BCUT2D eigenvalue weighted by Gasteiger charge is 2.34. The lowest BCUT2D eigenvalue weighted by atomic mass is 10.0. The predicted molar refractivity (Wildman–Crippen MR) is 68.3 cm³/mol. The third kappa shape index (κ3) is 4.69. The molecule has 0 radical (unpaired) electrons. The van der Waals surface area contributed by atoms with Gasteiger partial charge in [-0.2, -0.15) is 0 Å². The summed E-state index contributed by atoms with van der Waals surface area (Å²) in [7, 11) is 1.44. The molecule has 1 atom stereocenters. The van der Waals surface area contributed by atoms with Crippen molar-refractivity contribution in [1.29, 1.82) is 0 Å². The van der Waals surface area contributed by atoms with Crippen molar-refractivity contribution >= 4 is 18.0 Å². The van der Waals surface area contributed by atoms with Gasteiger partial charge in [-0.3, -0.25) is 4.79 Å². The minimum absolute atomic E-state index is 0.0955. The first-order valence-corrected chi connectivity index (χ1v) is 6.42. The molecule has 1 rings (SSSR count). The minimum atomic E-state index is -1.49. The van der Waals surface area contributed by atoms with Crippen LogP contribution in [0.5, 0.6) is 0 Å². The Hall–Kier alpha value is -1.83. The molecule has 0 aromatic heterocycles. The summed E-state index contributed by atoms with van der Waals surface area (Å²) in [6.07, 6.45) is 2.29. The van der Waals surface area contributed by atoms with Crippen LogP contribution in [0.25, 0.3) is 0 Å². The lowest BCUT2D eigenvalue weighted by Crippen LogP contribution is -2.51. The van der Waals surface area contributed by atoms with E-state index < -0.39 is 36.0 Å². The van der Waals surface area contributed by atoms with E-state index in [1.54, 1.807) is 0 Å². The summed E-state index contributed by atoms with van der Waals surface area (Å²) in [6, 6.07) is -2.19. The maximum absolute atomic E-state index is 11.8. The van der Waals surface area contributed by atoms with E-state index in [0.29, 0.717) is 12.8 Å². The van der Waals surface area contributed by atoms with Gasteiger partial charge in [-0.15, -0.1) is 0 Å². The molecule has 0 heterocycles. The van der Waals surface area contributed by atoms with Crippen LogP contribution >= 0.6 is 0 Å². The molecule has 4 N–H and O–H groups in total. The zero-order chi connectivity index (χ0) is 15.3.